The molecule has 0 aliphatic rings. The van der Waals surface area contributed by atoms with Crippen LogP contribution >= 0.6 is 0 Å². The third-order valence-corrected chi connectivity index (χ3v) is 3.05. The first kappa shape index (κ1) is 15.1. The molecule has 1 amide bonds. The van der Waals surface area contributed by atoms with E-state index in [-0.39, 0.29) is 25.3 Å². The normalized spacial score (nSPS) is 10.8. The van der Waals surface area contributed by atoms with Crippen LogP contribution < -0.4 is 10.9 Å². The van der Waals surface area contributed by atoms with Gasteiger partial charge in [-0.15, -0.1) is 0 Å². The van der Waals surface area contributed by atoms with Gasteiger partial charge >= 0.3 is 0 Å². The number of carbonyl (C=O) groups is 1. The van der Waals surface area contributed by atoms with Gasteiger partial charge in [-0.05, 0) is 24.6 Å². The SMILES string of the molecule is O=C(NCCO)c1cc2ncccc2n(CCCO)c1=O. The van der Waals surface area contributed by atoms with E-state index in [2.05, 4.69) is 10.3 Å². The maximum atomic E-state index is 12.4. The van der Waals surface area contributed by atoms with Gasteiger partial charge in [0, 0.05) is 25.9 Å². The van der Waals surface area contributed by atoms with Gasteiger partial charge in [0.15, 0.2) is 0 Å². The van der Waals surface area contributed by atoms with Crippen molar-refractivity contribution in [2.75, 3.05) is 19.8 Å². The van der Waals surface area contributed by atoms with Crippen LogP contribution in [0.25, 0.3) is 11.0 Å². The van der Waals surface area contributed by atoms with Crippen molar-refractivity contribution in [2.24, 2.45) is 0 Å². The number of hydrogen-bond donors (Lipinski definition) is 3. The number of fused-ring (bicyclic) bond motifs is 1. The van der Waals surface area contributed by atoms with Gasteiger partial charge in [-0.25, -0.2) is 0 Å². The number of carbonyl (C=O) groups excluding carboxylic acids is 1. The summed E-state index contributed by atoms with van der Waals surface area (Å²) < 4.78 is 1.44. The largest absolute Gasteiger partial charge is 0.396 e. The minimum absolute atomic E-state index is 0.0208. The van der Waals surface area contributed by atoms with Crippen molar-refractivity contribution in [2.45, 2.75) is 13.0 Å². The lowest BCUT2D eigenvalue weighted by atomic mass is 10.2. The van der Waals surface area contributed by atoms with Crippen LogP contribution in [0.5, 0.6) is 0 Å². The zero-order chi connectivity index (χ0) is 15.2. The minimum atomic E-state index is -0.542. The first-order valence-electron chi connectivity index (χ1n) is 6.67. The van der Waals surface area contributed by atoms with E-state index < -0.39 is 11.5 Å². The monoisotopic (exact) mass is 291 g/mol. The Hall–Kier alpha value is -2.25. The molecule has 2 heterocycles. The number of nitrogens with zero attached hydrogens (tertiary/aromatic N) is 2. The van der Waals surface area contributed by atoms with Crippen LogP contribution in [0.1, 0.15) is 16.8 Å². The van der Waals surface area contributed by atoms with Gasteiger partial charge in [-0.3, -0.25) is 14.6 Å². The molecule has 0 radical (unpaired) electrons. The molecule has 0 fully saturated rings. The van der Waals surface area contributed by atoms with Crippen LogP contribution in [0, 0.1) is 0 Å². The van der Waals surface area contributed by atoms with Crippen molar-refractivity contribution in [3.8, 4) is 0 Å². The van der Waals surface area contributed by atoms with E-state index in [1.165, 1.54) is 10.6 Å². The summed E-state index contributed by atoms with van der Waals surface area (Å²) in [4.78, 5) is 28.6. The Morgan fingerprint density at radius 2 is 2.14 bits per heavy atom. The first-order valence-corrected chi connectivity index (χ1v) is 6.67. The molecule has 112 valence electrons. The summed E-state index contributed by atoms with van der Waals surface area (Å²) in [6, 6.07) is 4.90. The Morgan fingerprint density at radius 1 is 1.33 bits per heavy atom. The van der Waals surface area contributed by atoms with Gasteiger partial charge in [-0.2, -0.15) is 0 Å². The summed E-state index contributed by atoms with van der Waals surface area (Å²) in [5.74, 6) is -0.542. The zero-order valence-electron chi connectivity index (χ0n) is 11.5. The molecule has 7 heteroatoms. The van der Waals surface area contributed by atoms with Crippen LogP contribution in [-0.2, 0) is 6.54 Å². The molecule has 2 aromatic heterocycles. The second-order valence-electron chi connectivity index (χ2n) is 4.48. The molecule has 7 nitrogen and oxygen atoms in total. The average molecular weight is 291 g/mol. The number of amides is 1. The van der Waals surface area contributed by atoms with Crippen LogP contribution in [0.4, 0.5) is 0 Å². The fourth-order valence-corrected chi connectivity index (χ4v) is 2.08. The standard InChI is InChI=1S/C14H17N3O4/c18-7-2-6-17-12-3-1-4-15-11(12)9-10(14(17)21)13(20)16-5-8-19/h1,3-4,9,18-19H,2,5-8H2,(H,16,20). The van der Waals surface area contributed by atoms with Crippen LogP contribution in [0.15, 0.2) is 29.2 Å². The van der Waals surface area contributed by atoms with Crippen molar-refractivity contribution < 1.29 is 15.0 Å². The second-order valence-corrected chi connectivity index (χ2v) is 4.48. The average Bonchev–Trinajstić information content (AvgIpc) is 2.51. The van der Waals surface area contributed by atoms with Gasteiger partial charge in [0.2, 0.25) is 0 Å². The van der Waals surface area contributed by atoms with Gasteiger partial charge < -0.3 is 20.1 Å². The molecule has 2 aromatic rings. The number of pyridine rings is 2. The molecule has 0 aliphatic carbocycles. The molecule has 2 rings (SSSR count). The van der Waals surface area contributed by atoms with Crippen LogP contribution in [-0.4, -0.2) is 45.4 Å². The van der Waals surface area contributed by atoms with Crippen molar-refractivity contribution in [1.29, 1.82) is 0 Å². The number of nitrogens with one attached hydrogen (secondary N) is 1. The van der Waals surface area contributed by atoms with Gasteiger partial charge in [0.1, 0.15) is 5.56 Å². The van der Waals surface area contributed by atoms with E-state index in [1.54, 1.807) is 18.3 Å². The Labute approximate surface area is 120 Å². The fraction of sp³-hybridized carbons (Fsp3) is 0.357. The molecule has 3 N–H and O–H groups in total. The van der Waals surface area contributed by atoms with Gasteiger partial charge in [0.25, 0.3) is 11.5 Å². The molecule has 0 saturated carbocycles. The highest BCUT2D eigenvalue weighted by Gasteiger charge is 2.15. The van der Waals surface area contributed by atoms with E-state index in [0.717, 1.165) is 0 Å². The molecule has 0 unspecified atom stereocenters. The highest BCUT2D eigenvalue weighted by molar-refractivity contribution is 5.96. The van der Waals surface area contributed by atoms with E-state index in [9.17, 15) is 9.59 Å². The smallest absolute Gasteiger partial charge is 0.264 e. The van der Waals surface area contributed by atoms with E-state index in [1.807, 2.05) is 0 Å². The molecule has 0 saturated heterocycles. The second kappa shape index (κ2) is 6.96. The minimum Gasteiger partial charge on any atom is -0.396 e. The van der Waals surface area contributed by atoms with Gasteiger partial charge in [0.05, 0.1) is 17.6 Å². The number of aliphatic hydroxyl groups excluding tert-OH is 2. The summed E-state index contributed by atoms with van der Waals surface area (Å²) in [5.41, 5.74) is 0.700. The fourth-order valence-electron chi connectivity index (χ4n) is 2.08. The molecule has 0 atom stereocenters. The lowest BCUT2D eigenvalue weighted by molar-refractivity contribution is 0.0943. The van der Waals surface area contributed by atoms with Crippen molar-refractivity contribution in [3.05, 3.63) is 40.3 Å². The van der Waals surface area contributed by atoms with E-state index >= 15 is 0 Å². The highest BCUT2D eigenvalue weighted by atomic mass is 16.3. The van der Waals surface area contributed by atoms with Crippen molar-refractivity contribution in [1.82, 2.24) is 14.9 Å². The number of rotatable bonds is 6. The van der Waals surface area contributed by atoms with Crippen LogP contribution in [0.3, 0.4) is 0 Å². The van der Waals surface area contributed by atoms with E-state index in [0.29, 0.717) is 24.0 Å². The van der Waals surface area contributed by atoms with E-state index in [4.69, 9.17) is 10.2 Å². The summed E-state index contributed by atoms with van der Waals surface area (Å²) >= 11 is 0. The molecular weight excluding hydrogens is 274 g/mol. The summed E-state index contributed by atoms with van der Waals surface area (Å²) in [7, 11) is 0. The quantitative estimate of drug-likeness (QED) is 0.665. The first-order chi connectivity index (χ1) is 10.2. The molecular formula is C14H17N3O4. The molecule has 21 heavy (non-hydrogen) atoms. The van der Waals surface area contributed by atoms with Crippen molar-refractivity contribution in [3.63, 3.8) is 0 Å². The number of hydrogen-bond acceptors (Lipinski definition) is 5. The summed E-state index contributed by atoms with van der Waals surface area (Å²) in [6.07, 6.45) is 1.99. The number of aliphatic hydroxyl groups is 2. The maximum absolute atomic E-state index is 12.4. The topological polar surface area (TPSA) is 104 Å². The lowest BCUT2D eigenvalue weighted by Crippen LogP contribution is -2.34. The van der Waals surface area contributed by atoms with Crippen LogP contribution in [0.2, 0.25) is 0 Å². The lowest BCUT2D eigenvalue weighted by Gasteiger charge is -2.11. The number of aromatic nitrogens is 2. The molecule has 0 spiro atoms. The zero-order valence-corrected chi connectivity index (χ0v) is 11.5. The molecule has 0 aliphatic heterocycles. The summed E-state index contributed by atoms with van der Waals surface area (Å²) in [6.45, 7) is 0.138. The highest BCUT2D eigenvalue weighted by Crippen LogP contribution is 2.11. The Balaban J connectivity index is 2.54. The van der Waals surface area contributed by atoms with Crippen molar-refractivity contribution >= 4 is 16.9 Å². The number of aryl methyl sites for hydroxylation is 1. The third kappa shape index (κ3) is 3.26. The predicted octanol–water partition coefficient (Wildman–Crippen LogP) is -0.499. The maximum Gasteiger partial charge on any atom is 0.264 e. The van der Waals surface area contributed by atoms with Gasteiger partial charge in [-0.1, -0.05) is 0 Å². The molecule has 0 bridgehead atoms. The molecule has 0 aromatic carbocycles. The Bertz CT molecular complexity index is 696. The third-order valence-electron chi connectivity index (χ3n) is 3.05. The Morgan fingerprint density at radius 3 is 2.86 bits per heavy atom. The Kier molecular flexibility index (Phi) is 5.02. The predicted molar refractivity (Wildman–Crippen MR) is 77.1 cm³/mol. The summed E-state index contributed by atoms with van der Waals surface area (Å²) in [5, 5.41) is 20.1.